The molecule has 1 aliphatic rings. The van der Waals surface area contributed by atoms with E-state index in [0.717, 1.165) is 5.56 Å². The minimum atomic E-state index is -0.283. The zero-order chi connectivity index (χ0) is 24.8. The fraction of sp³-hybridized carbons (Fsp3) is 0.208. The van der Waals surface area contributed by atoms with Crippen molar-refractivity contribution < 1.29 is 9.21 Å². The van der Waals surface area contributed by atoms with Crippen LogP contribution < -0.4 is 10.5 Å². The van der Waals surface area contributed by atoms with Crippen LogP contribution in [0.25, 0.3) is 22.8 Å². The topological polar surface area (TPSA) is 118 Å². The van der Waals surface area contributed by atoms with Gasteiger partial charge in [0.2, 0.25) is 5.95 Å². The van der Waals surface area contributed by atoms with E-state index < -0.39 is 0 Å². The number of hydrogen-bond donors (Lipinski definition) is 1. The van der Waals surface area contributed by atoms with E-state index in [1.165, 1.54) is 15.4 Å². The SMILES string of the molecule is Cc1c(C(=O)N2CCN(c3ncc(-c4cccc(Cl)c4)o3)CC2)cnn1-c1nn2cccc2c(=O)[nH]1. The Labute approximate surface area is 209 Å². The number of fused-ring (bicyclic) bond motifs is 1. The van der Waals surface area contributed by atoms with Crippen molar-refractivity contribution in [3.05, 3.63) is 81.6 Å². The van der Waals surface area contributed by atoms with Crippen molar-refractivity contribution in [2.45, 2.75) is 6.92 Å². The molecular formula is C24H21ClN8O3. The standard InChI is InChI=1S/C24H21ClN8O3/c1-15-18(13-27-33(15)23-28-21(34)19-6-3-7-32(19)29-23)22(35)30-8-10-31(11-9-30)24-26-14-20(36-24)16-4-2-5-17(25)12-16/h2-7,12-14H,8-11H2,1H3,(H,28,29,34). The van der Waals surface area contributed by atoms with Crippen LogP contribution in [-0.2, 0) is 0 Å². The van der Waals surface area contributed by atoms with E-state index >= 15 is 0 Å². The number of benzene rings is 1. The van der Waals surface area contributed by atoms with Crippen LogP contribution in [0, 0.1) is 6.92 Å². The average molecular weight is 505 g/mol. The van der Waals surface area contributed by atoms with Crippen molar-refractivity contribution in [3.8, 4) is 17.3 Å². The van der Waals surface area contributed by atoms with Crippen LogP contribution in [0.1, 0.15) is 16.1 Å². The minimum Gasteiger partial charge on any atom is -0.423 e. The van der Waals surface area contributed by atoms with Crippen LogP contribution in [-0.4, -0.2) is 66.3 Å². The third-order valence-corrected chi connectivity index (χ3v) is 6.50. The Kier molecular flexibility index (Phi) is 5.33. The number of anilines is 1. The monoisotopic (exact) mass is 504 g/mol. The maximum Gasteiger partial charge on any atom is 0.297 e. The van der Waals surface area contributed by atoms with Crippen molar-refractivity contribution >= 4 is 29.0 Å². The number of nitrogens with zero attached hydrogens (tertiary/aromatic N) is 7. The molecular weight excluding hydrogens is 484 g/mol. The lowest BCUT2D eigenvalue weighted by Crippen LogP contribution is -2.49. The summed E-state index contributed by atoms with van der Waals surface area (Å²) in [6, 6.07) is 11.3. The summed E-state index contributed by atoms with van der Waals surface area (Å²) in [6.07, 6.45) is 4.87. The zero-order valence-electron chi connectivity index (χ0n) is 19.3. The summed E-state index contributed by atoms with van der Waals surface area (Å²) in [6.45, 7) is 3.94. The molecule has 4 aromatic heterocycles. The van der Waals surface area contributed by atoms with Gasteiger partial charge in [-0.15, -0.1) is 5.10 Å². The molecule has 0 atom stereocenters. The predicted octanol–water partition coefficient (Wildman–Crippen LogP) is 2.79. The second kappa shape index (κ2) is 8.68. The smallest absolute Gasteiger partial charge is 0.297 e. The lowest BCUT2D eigenvalue weighted by Gasteiger charge is -2.33. The van der Waals surface area contributed by atoms with Crippen LogP contribution in [0.5, 0.6) is 0 Å². The second-order valence-electron chi connectivity index (χ2n) is 8.47. The van der Waals surface area contributed by atoms with E-state index in [9.17, 15) is 9.59 Å². The Balaban J connectivity index is 1.16. The first-order valence-electron chi connectivity index (χ1n) is 11.4. The van der Waals surface area contributed by atoms with Gasteiger partial charge < -0.3 is 14.2 Å². The third kappa shape index (κ3) is 3.83. The molecule has 5 heterocycles. The van der Waals surface area contributed by atoms with Crippen molar-refractivity contribution in [1.82, 2.24) is 34.3 Å². The van der Waals surface area contributed by atoms with Crippen molar-refractivity contribution in [1.29, 1.82) is 0 Å². The fourth-order valence-electron chi connectivity index (χ4n) is 4.32. The quantitative estimate of drug-likeness (QED) is 0.400. The molecule has 36 heavy (non-hydrogen) atoms. The summed E-state index contributed by atoms with van der Waals surface area (Å²) in [4.78, 5) is 36.5. The Hall–Kier alpha value is -4.38. The van der Waals surface area contributed by atoms with Gasteiger partial charge in [-0.25, -0.2) is 14.2 Å². The van der Waals surface area contributed by atoms with Crippen molar-refractivity contribution in [2.24, 2.45) is 0 Å². The van der Waals surface area contributed by atoms with Gasteiger partial charge in [-0.2, -0.15) is 5.10 Å². The highest BCUT2D eigenvalue weighted by Gasteiger charge is 2.27. The van der Waals surface area contributed by atoms with Crippen LogP contribution in [0.2, 0.25) is 5.02 Å². The number of aromatic nitrogens is 6. The lowest BCUT2D eigenvalue weighted by molar-refractivity contribution is 0.0744. The van der Waals surface area contributed by atoms with Gasteiger partial charge in [0.05, 0.1) is 23.7 Å². The average Bonchev–Trinajstić information content (AvgIpc) is 3.64. The van der Waals surface area contributed by atoms with E-state index in [2.05, 4.69) is 20.2 Å². The highest BCUT2D eigenvalue weighted by atomic mass is 35.5. The van der Waals surface area contributed by atoms with Gasteiger partial charge in [0, 0.05) is 43.0 Å². The predicted molar refractivity (Wildman–Crippen MR) is 133 cm³/mol. The van der Waals surface area contributed by atoms with Gasteiger partial charge in [-0.1, -0.05) is 23.7 Å². The van der Waals surface area contributed by atoms with Crippen molar-refractivity contribution in [3.63, 3.8) is 0 Å². The Bertz CT molecular complexity index is 1640. The molecule has 1 amide bonds. The number of H-pyrrole nitrogens is 1. The van der Waals surface area contributed by atoms with E-state index in [-0.39, 0.29) is 17.4 Å². The number of hydrogen-bond acceptors (Lipinski definition) is 7. The van der Waals surface area contributed by atoms with E-state index in [4.69, 9.17) is 16.0 Å². The molecule has 0 bridgehead atoms. The number of nitrogens with one attached hydrogen (secondary N) is 1. The molecule has 6 rings (SSSR count). The van der Waals surface area contributed by atoms with Gasteiger partial charge in [0.25, 0.3) is 17.5 Å². The number of carbonyl (C=O) groups is 1. The van der Waals surface area contributed by atoms with Crippen LogP contribution in [0.4, 0.5) is 6.01 Å². The first kappa shape index (κ1) is 22.1. The Morgan fingerprint density at radius 2 is 1.94 bits per heavy atom. The van der Waals surface area contributed by atoms with Gasteiger partial charge in [-0.3, -0.25) is 14.6 Å². The molecule has 1 aliphatic heterocycles. The molecule has 12 heteroatoms. The first-order chi connectivity index (χ1) is 17.5. The Morgan fingerprint density at radius 1 is 1.11 bits per heavy atom. The Morgan fingerprint density at radius 3 is 2.75 bits per heavy atom. The number of halogens is 1. The molecule has 1 fully saturated rings. The summed E-state index contributed by atoms with van der Waals surface area (Å²) >= 11 is 6.08. The maximum absolute atomic E-state index is 13.3. The molecule has 0 saturated carbocycles. The zero-order valence-corrected chi connectivity index (χ0v) is 20.0. The lowest BCUT2D eigenvalue weighted by atomic mass is 10.2. The number of amides is 1. The van der Waals surface area contributed by atoms with E-state index in [1.807, 2.05) is 23.1 Å². The molecule has 0 radical (unpaired) electrons. The van der Waals surface area contributed by atoms with Gasteiger partial charge in [0.1, 0.15) is 5.52 Å². The number of rotatable bonds is 4. The molecule has 5 aromatic rings. The molecule has 11 nitrogen and oxygen atoms in total. The minimum absolute atomic E-state index is 0.130. The van der Waals surface area contributed by atoms with E-state index in [0.29, 0.717) is 59.8 Å². The maximum atomic E-state index is 13.3. The highest BCUT2D eigenvalue weighted by molar-refractivity contribution is 6.30. The van der Waals surface area contributed by atoms with Gasteiger partial charge in [-0.05, 0) is 31.2 Å². The van der Waals surface area contributed by atoms with E-state index in [1.54, 1.807) is 42.4 Å². The molecule has 0 aliphatic carbocycles. The normalized spacial score (nSPS) is 14.1. The third-order valence-electron chi connectivity index (χ3n) is 6.27. The molecule has 1 N–H and O–H groups in total. The fourth-order valence-corrected chi connectivity index (χ4v) is 4.51. The highest BCUT2D eigenvalue weighted by Crippen LogP contribution is 2.27. The number of aromatic amines is 1. The first-order valence-corrected chi connectivity index (χ1v) is 11.7. The summed E-state index contributed by atoms with van der Waals surface area (Å²) in [7, 11) is 0. The number of piperazine rings is 1. The van der Waals surface area contributed by atoms with Crippen LogP contribution in [0.3, 0.4) is 0 Å². The van der Waals surface area contributed by atoms with Crippen LogP contribution in [0.15, 0.2) is 64.2 Å². The summed E-state index contributed by atoms with van der Waals surface area (Å²) < 4.78 is 8.90. The summed E-state index contributed by atoms with van der Waals surface area (Å²) in [5, 5.41) is 9.33. The van der Waals surface area contributed by atoms with Crippen LogP contribution >= 0.6 is 11.6 Å². The second-order valence-corrected chi connectivity index (χ2v) is 8.90. The summed E-state index contributed by atoms with van der Waals surface area (Å²) in [5.74, 6) is 0.748. The number of carbonyl (C=O) groups excluding carboxylic acids is 1. The molecule has 1 aromatic carbocycles. The molecule has 1 saturated heterocycles. The van der Waals surface area contributed by atoms with Gasteiger partial charge >= 0.3 is 0 Å². The summed E-state index contributed by atoms with van der Waals surface area (Å²) in [5.41, 5.74) is 2.06. The molecule has 182 valence electrons. The molecule has 0 unspecified atom stereocenters. The van der Waals surface area contributed by atoms with Crippen molar-refractivity contribution in [2.75, 3.05) is 31.1 Å². The number of oxazole rings is 1. The molecule has 0 spiro atoms. The largest absolute Gasteiger partial charge is 0.423 e. The van der Waals surface area contributed by atoms with Gasteiger partial charge in [0.15, 0.2) is 5.76 Å².